The first kappa shape index (κ1) is 26.9. The highest BCUT2D eigenvalue weighted by Gasteiger charge is 2.24. The van der Waals surface area contributed by atoms with E-state index in [2.05, 4.69) is 0 Å². The van der Waals surface area contributed by atoms with E-state index in [1.807, 2.05) is 91.0 Å². The van der Waals surface area contributed by atoms with E-state index >= 15 is 0 Å². The summed E-state index contributed by atoms with van der Waals surface area (Å²) in [7, 11) is 3.25. The Morgan fingerprint density at radius 3 is 2.10 bits per heavy atom. The predicted octanol–water partition coefficient (Wildman–Crippen LogP) is 6.32. The summed E-state index contributed by atoms with van der Waals surface area (Å²) in [6.45, 7) is 0.713. The number of carbonyl (C=O) groups is 1. The van der Waals surface area contributed by atoms with Gasteiger partial charge in [0.15, 0.2) is 11.5 Å². The van der Waals surface area contributed by atoms with Crippen LogP contribution in [0.25, 0.3) is 0 Å². The number of ether oxygens (including phenoxy) is 6. The zero-order chi connectivity index (χ0) is 27.7. The minimum Gasteiger partial charge on any atom is -0.497 e. The molecule has 40 heavy (non-hydrogen) atoms. The molecule has 0 saturated heterocycles. The number of fused-ring (bicyclic) bond motifs is 1. The van der Waals surface area contributed by atoms with Gasteiger partial charge in [-0.25, -0.2) is 0 Å². The van der Waals surface area contributed by atoms with Crippen LogP contribution in [0.5, 0.6) is 28.7 Å². The van der Waals surface area contributed by atoms with Crippen LogP contribution in [0.1, 0.15) is 34.6 Å². The van der Waals surface area contributed by atoms with Gasteiger partial charge in [-0.2, -0.15) is 0 Å². The quantitative estimate of drug-likeness (QED) is 0.154. The van der Waals surface area contributed by atoms with E-state index in [1.54, 1.807) is 14.2 Å². The molecule has 5 rings (SSSR count). The Bertz CT molecular complexity index is 1380. The van der Waals surface area contributed by atoms with Gasteiger partial charge in [-0.05, 0) is 53.8 Å². The molecule has 7 heteroatoms. The van der Waals surface area contributed by atoms with E-state index in [0.29, 0.717) is 35.8 Å². The summed E-state index contributed by atoms with van der Waals surface area (Å²) in [6, 6.07) is 28.8. The summed E-state index contributed by atoms with van der Waals surface area (Å²) in [4.78, 5) is 13.2. The normalized spacial score (nSPS) is 11.8. The lowest BCUT2D eigenvalue weighted by molar-refractivity contribution is -0.144. The number of hydrogen-bond donors (Lipinski definition) is 0. The molecule has 0 saturated carbocycles. The highest BCUT2D eigenvalue weighted by molar-refractivity contribution is 5.82. The smallest absolute Gasteiger partial charge is 0.317 e. The Morgan fingerprint density at radius 1 is 0.775 bits per heavy atom. The van der Waals surface area contributed by atoms with Crippen LogP contribution in [0.4, 0.5) is 0 Å². The number of benzene rings is 4. The third-order valence-corrected chi connectivity index (χ3v) is 6.76. The van der Waals surface area contributed by atoms with Crippen LogP contribution in [0.15, 0.2) is 91.0 Å². The molecule has 0 radical (unpaired) electrons. The predicted molar refractivity (Wildman–Crippen MR) is 150 cm³/mol. The van der Waals surface area contributed by atoms with Gasteiger partial charge in [0.2, 0.25) is 6.79 Å². The summed E-state index contributed by atoms with van der Waals surface area (Å²) in [5.74, 6) is 2.65. The molecule has 1 aliphatic heterocycles. The number of rotatable bonds is 12. The van der Waals surface area contributed by atoms with Crippen molar-refractivity contribution in [1.29, 1.82) is 0 Å². The summed E-state index contributed by atoms with van der Waals surface area (Å²) >= 11 is 0. The van der Waals surface area contributed by atoms with Crippen molar-refractivity contribution >= 4 is 5.97 Å². The molecule has 0 aliphatic carbocycles. The van der Waals surface area contributed by atoms with E-state index in [4.69, 9.17) is 28.4 Å². The number of aryl methyl sites for hydroxylation is 1. The van der Waals surface area contributed by atoms with Crippen LogP contribution < -0.4 is 23.7 Å². The van der Waals surface area contributed by atoms with Gasteiger partial charge in [-0.3, -0.25) is 4.79 Å². The fourth-order valence-electron chi connectivity index (χ4n) is 4.72. The lowest BCUT2D eigenvalue weighted by Crippen LogP contribution is -2.18. The molecule has 0 fully saturated rings. The molecule has 1 aliphatic rings. The van der Waals surface area contributed by atoms with Gasteiger partial charge >= 0.3 is 5.97 Å². The molecule has 0 amide bonds. The standard InChI is InChI=1S/C33H32O7/c1-35-27-15-16-28(36-2)26(18-27)21-38-29-20-31-30(39-22-40-31)19-25(29)14-9-17-37-33(34)32(23-10-5-3-6-11-23)24-12-7-4-8-13-24/h3-8,10-13,15-16,18-20,32H,9,14,17,21-22H2,1-2H3. The molecule has 7 nitrogen and oxygen atoms in total. The van der Waals surface area contributed by atoms with Crippen molar-refractivity contribution in [2.75, 3.05) is 27.6 Å². The van der Waals surface area contributed by atoms with Crippen LogP contribution in [-0.2, 0) is 22.6 Å². The van der Waals surface area contributed by atoms with Crippen LogP contribution >= 0.6 is 0 Å². The van der Waals surface area contributed by atoms with Gasteiger partial charge in [0.25, 0.3) is 0 Å². The SMILES string of the molecule is COc1ccc(OC)c(COc2cc3c(cc2CCCOC(=O)C(c2ccccc2)c2ccccc2)OCO3)c1. The number of hydrogen-bond acceptors (Lipinski definition) is 7. The molecule has 4 aromatic rings. The average molecular weight is 541 g/mol. The highest BCUT2D eigenvalue weighted by Crippen LogP contribution is 2.39. The number of esters is 1. The zero-order valence-corrected chi connectivity index (χ0v) is 22.6. The first-order valence-corrected chi connectivity index (χ1v) is 13.2. The first-order valence-electron chi connectivity index (χ1n) is 13.2. The van der Waals surface area contributed by atoms with E-state index in [9.17, 15) is 4.79 Å². The van der Waals surface area contributed by atoms with Crippen LogP contribution in [0, 0.1) is 0 Å². The highest BCUT2D eigenvalue weighted by atomic mass is 16.7. The minimum absolute atomic E-state index is 0.167. The van der Waals surface area contributed by atoms with E-state index in [-0.39, 0.29) is 26.0 Å². The minimum atomic E-state index is -0.482. The van der Waals surface area contributed by atoms with Crippen molar-refractivity contribution in [1.82, 2.24) is 0 Å². The third kappa shape index (κ3) is 6.31. The zero-order valence-electron chi connectivity index (χ0n) is 22.6. The Balaban J connectivity index is 1.26. The van der Waals surface area contributed by atoms with Gasteiger partial charge in [0.05, 0.1) is 20.8 Å². The fourth-order valence-corrected chi connectivity index (χ4v) is 4.72. The van der Waals surface area contributed by atoms with E-state index in [0.717, 1.165) is 28.0 Å². The lowest BCUT2D eigenvalue weighted by atomic mass is 9.91. The molecule has 1 heterocycles. The molecule has 4 aromatic carbocycles. The Hall–Kier alpha value is -4.65. The summed E-state index contributed by atoms with van der Waals surface area (Å²) < 4.78 is 34.1. The van der Waals surface area contributed by atoms with Gasteiger partial charge in [-0.1, -0.05) is 60.7 Å². The topological polar surface area (TPSA) is 72.5 Å². The molecule has 0 aromatic heterocycles. The van der Waals surface area contributed by atoms with Crippen molar-refractivity contribution in [3.05, 3.63) is 113 Å². The van der Waals surface area contributed by atoms with Crippen molar-refractivity contribution in [3.63, 3.8) is 0 Å². The van der Waals surface area contributed by atoms with Crippen molar-refractivity contribution < 1.29 is 33.2 Å². The second-order valence-electron chi connectivity index (χ2n) is 9.31. The number of methoxy groups -OCH3 is 2. The molecule has 0 N–H and O–H groups in total. The van der Waals surface area contributed by atoms with Gasteiger partial charge in [0.1, 0.15) is 29.8 Å². The Labute approximate surface area is 234 Å². The molecule has 0 atom stereocenters. The first-order chi connectivity index (χ1) is 19.7. The second-order valence-corrected chi connectivity index (χ2v) is 9.31. The van der Waals surface area contributed by atoms with Gasteiger partial charge < -0.3 is 28.4 Å². The van der Waals surface area contributed by atoms with E-state index in [1.165, 1.54) is 0 Å². The Morgan fingerprint density at radius 2 is 1.45 bits per heavy atom. The summed E-state index contributed by atoms with van der Waals surface area (Å²) in [5, 5.41) is 0. The monoisotopic (exact) mass is 540 g/mol. The molecular weight excluding hydrogens is 508 g/mol. The van der Waals surface area contributed by atoms with Gasteiger partial charge in [-0.15, -0.1) is 0 Å². The second kappa shape index (κ2) is 12.9. The van der Waals surface area contributed by atoms with Crippen LogP contribution in [0.2, 0.25) is 0 Å². The fraction of sp³-hybridized carbons (Fsp3) is 0.242. The molecular formula is C33H32O7. The Kier molecular flexibility index (Phi) is 8.71. The maximum absolute atomic E-state index is 13.2. The third-order valence-electron chi connectivity index (χ3n) is 6.76. The average Bonchev–Trinajstić information content (AvgIpc) is 3.46. The van der Waals surface area contributed by atoms with E-state index < -0.39 is 5.92 Å². The van der Waals surface area contributed by atoms with Crippen LogP contribution in [-0.4, -0.2) is 33.6 Å². The molecule has 206 valence electrons. The molecule has 0 bridgehead atoms. The van der Waals surface area contributed by atoms with Crippen molar-refractivity contribution in [2.45, 2.75) is 25.4 Å². The lowest BCUT2D eigenvalue weighted by Gasteiger charge is -2.17. The summed E-state index contributed by atoms with van der Waals surface area (Å²) in [5.41, 5.74) is 3.59. The maximum atomic E-state index is 13.2. The number of carbonyl (C=O) groups excluding carboxylic acids is 1. The van der Waals surface area contributed by atoms with Crippen molar-refractivity contribution in [3.8, 4) is 28.7 Å². The maximum Gasteiger partial charge on any atom is 0.317 e. The molecule has 0 spiro atoms. The molecule has 0 unspecified atom stereocenters. The van der Waals surface area contributed by atoms with Gasteiger partial charge in [0, 0.05) is 11.6 Å². The summed E-state index contributed by atoms with van der Waals surface area (Å²) in [6.07, 6.45) is 1.23. The largest absolute Gasteiger partial charge is 0.497 e. The van der Waals surface area contributed by atoms with Crippen LogP contribution in [0.3, 0.4) is 0 Å². The van der Waals surface area contributed by atoms with Crippen molar-refractivity contribution in [2.24, 2.45) is 0 Å².